The fourth-order valence-electron chi connectivity index (χ4n) is 2.97. The zero-order valence-corrected chi connectivity index (χ0v) is 21.9. The Labute approximate surface area is 197 Å². The number of unbranched alkanes of at least 4 members (excludes halogenated alkanes) is 2. The Morgan fingerprint density at radius 3 is 1.41 bits per heavy atom. The molecule has 0 N–H and O–H groups in total. The van der Waals surface area contributed by atoms with Gasteiger partial charge in [-0.25, -0.2) is 0 Å². The molecular formula is C24H44Br2O3. The Morgan fingerprint density at radius 1 is 0.621 bits per heavy atom. The van der Waals surface area contributed by atoms with Crippen molar-refractivity contribution in [3.05, 3.63) is 24.3 Å². The van der Waals surface area contributed by atoms with Crippen molar-refractivity contribution in [3.8, 4) is 0 Å². The normalized spacial score (nSPS) is 14.2. The van der Waals surface area contributed by atoms with Crippen LogP contribution in [0.25, 0.3) is 0 Å². The van der Waals surface area contributed by atoms with Crippen molar-refractivity contribution >= 4 is 31.9 Å². The smallest absolute Gasteiger partial charge is 0.149 e. The summed E-state index contributed by atoms with van der Waals surface area (Å²) in [4.78, 5) is 0. The van der Waals surface area contributed by atoms with Crippen LogP contribution in [0, 0.1) is 0 Å². The van der Waals surface area contributed by atoms with Crippen molar-refractivity contribution in [2.24, 2.45) is 0 Å². The summed E-state index contributed by atoms with van der Waals surface area (Å²) in [6.45, 7) is 5.10. The van der Waals surface area contributed by atoms with Gasteiger partial charge < -0.3 is 14.2 Å². The van der Waals surface area contributed by atoms with E-state index in [9.17, 15) is 0 Å². The summed E-state index contributed by atoms with van der Waals surface area (Å²) in [5, 5.41) is 2.05. The van der Waals surface area contributed by atoms with E-state index in [1.807, 2.05) is 0 Å². The minimum absolute atomic E-state index is 0.277. The highest BCUT2D eigenvalue weighted by molar-refractivity contribution is 9.09. The molecule has 29 heavy (non-hydrogen) atoms. The van der Waals surface area contributed by atoms with E-state index in [4.69, 9.17) is 14.2 Å². The molecule has 0 radical (unpaired) electrons. The van der Waals surface area contributed by atoms with Gasteiger partial charge in [-0.1, -0.05) is 95.7 Å². The van der Waals surface area contributed by atoms with Crippen LogP contribution in [0.15, 0.2) is 24.3 Å². The molecule has 0 amide bonds. The minimum atomic E-state index is 0.277. The SMILES string of the molecule is CCCCC(CCC=CCCBr)OCOCOC(CCC=CCCBr)CCCC. The first kappa shape index (κ1) is 29.3. The molecule has 0 bridgehead atoms. The molecule has 0 aromatic carbocycles. The van der Waals surface area contributed by atoms with Gasteiger partial charge in [0.15, 0.2) is 0 Å². The van der Waals surface area contributed by atoms with Crippen molar-refractivity contribution < 1.29 is 14.2 Å². The molecule has 0 aliphatic carbocycles. The van der Waals surface area contributed by atoms with Crippen molar-refractivity contribution in [3.63, 3.8) is 0 Å². The van der Waals surface area contributed by atoms with Gasteiger partial charge in [0.1, 0.15) is 13.6 Å². The summed E-state index contributed by atoms with van der Waals surface area (Å²) < 4.78 is 17.6. The lowest BCUT2D eigenvalue weighted by atomic mass is 10.1. The van der Waals surface area contributed by atoms with E-state index in [1.165, 1.54) is 25.7 Å². The lowest BCUT2D eigenvalue weighted by molar-refractivity contribution is -0.167. The Bertz CT molecular complexity index is 341. The predicted octanol–water partition coefficient (Wildman–Crippen LogP) is 8.31. The maximum absolute atomic E-state index is 5.98. The maximum Gasteiger partial charge on any atom is 0.149 e. The highest BCUT2D eigenvalue weighted by Gasteiger charge is 2.10. The molecule has 2 atom stereocenters. The molecular weight excluding hydrogens is 496 g/mol. The number of halogens is 2. The van der Waals surface area contributed by atoms with Crippen LogP contribution in [0.1, 0.15) is 90.9 Å². The van der Waals surface area contributed by atoms with Gasteiger partial charge in [-0.05, 0) is 51.4 Å². The van der Waals surface area contributed by atoms with Crippen LogP contribution in [0.2, 0.25) is 0 Å². The highest BCUT2D eigenvalue weighted by Crippen LogP contribution is 2.14. The van der Waals surface area contributed by atoms with Gasteiger partial charge in [0.2, 0.25) is 0 Å². The molecule has 0 aliphatic rings. The topological polar surface area (TPSA) is 27.7 Å². The van der Waals surface area contributed by atoms with Crippen LogP contribution in [-0.2, 0) is 14.2 Å². The molecule has 3 nitrogen and oxygen atoms in total. The van der Waals surface area contributed by atoms with E-state index < -0.39 is 0 Å². The second-order valence-electron chi connectivity index (χ2n) is 7.35. The van der Waals surface area contributed by atoms with Crippen LogP contribution < -0.4 is 0 Å². The summed E-state index contributed by atoms with van der Waals surface area (Å²) in [5.74, 6) is 0. The zero-order valence-electron chi connectivity index (χ0n) is 18.8. The Morgan fingerprint density at radius 2 is 1.03 bits per heavy atom. The number of hydrogen-bond acceptors (Lipinski definition) is 3. The zero-order chi connectivity index (χ0) is 21.4. The molecule has 0 aromatic rings. The molecule has 0 fully saturated rings. The third-order valence-corrected chi connectivity index (χ3v) is 5.64. The monoisotopic (exact) mass is 538 g/mol. The van der Waals surface area contributed by atoms with Gasteiger partial charge in [-0.3, -0.25) is 0 Å². The number of hydrogen-bond donors (Lipinski definition) is 0. The molecule has 0 aliphatic heterocycles. The fraction of sp³-hybridized carbons (Fsp3) is 0.833. The third-order valence-electron chi connectivity index (χ3n) is 4.73. The summed E-state index contributed by atoms with van der Waals surface area (Å²) in [5.41, 5.74) is 0. The quantitative estimate of drug-likeness (QED) is 0.0598. The first-order valence-electron chi connectivity index (χ1n) is 11.5. The van der Waals surface area contributed by atoms with Crippen LogP contribution in [0.5, 0.6) is 0 Å². The molecule has 0 rings (SSSR count). The molecule has 0 saturated heterocycles. The fourth-order valence-corrected chi connectivity index (χ4v) is 3.50. The second kappa shape index (κ2) is 24.6. The molecule has 2 unspecified atom stereocenters. The lowest BCUT2D eigenvalue weighted by Crippen LogP contribution is -2.19. The molecule has 172 valence electrons. The minimum Gasteiger partial charge on any atom is -0.352 e. The van der Waals surface area contributed by atoms with E-state index in [2.05, 4.69) is 70.0 Å². The van der Waals surface area contributed by atoms with Gasteiger partial charge in [-0.2, -0.15) is 0 Å². The van der Waals surface area contributed by atoms with Crippen LogP contribution in [-0.4, -0.2) is 36.5 Å². The van der Waals surface area contributed by atoms with Gasteiger partial charge >= 0.3 is 0 Å². The molecule has 0 aromatic heterocycles. The van der Waals surface area contributed by atoms with Gasteiger partial charge in [0, 0.05) is 10.7 Å². The average Bonchev–Trinajstić information content (AvgIpc) is 2.73. The van der Waals surface area contributed by atoms with Crippen LogP contribution >= 0.6 is 31.9 Å². The molecule has 0 saturated carbocycles. The lowest BCUT2D eigenvalue weighted by Gasteiger charge is -2.19. The maximum atomic E-state index is 5.98. The first-order valence-corrected chi connectivity index (χ1v) is 13.8. The van der Waals surface area contributed by atoms with E-state index in [0.29, 0.717) is 13.6 Å². The van der Waals surface area contributed by atoms with Crippen LogP contribution in [0.4, 0.5) is 0 Å². The highest BCUT2D eigenvalue weighted by atomic mass is 79.9. The second-order valence-corrected chi connectivity index (χ2v) is 8.94. The number of rotatable bonds is 22. The number of allylic oxidation sites excluding steroid dienone is 4. The Kier molecular flexibility index (Phi) is 24.9. The van der Waals surface area contributed by atoms with E-state index in [1.54, 1.807) is 0 Å². The van der Waals surface area contributed by atoms with E-state index in [-0.39, 0.29) is 12.2 Å². The van der Waals surface area contributed by atoms with Crippen molar-refractivity contribution in [2.75, 3.05) is 24.2 Å². The molecule has 0 spiro atoms. The third kappa shape index (κ3) is 21.3. The largest absolute Gasteiger partial charge is 0.352 e. The molecule has 0 heterocycles. The summed E-state index contributed by atoms with van der Waals surface area (Å²) in [6.07, 6.45) is 23.0. The summed E-state index contributed by atoms with van der Waals surface area (Å²) in [6, 6.07) is 0. The van der Waals surface area contributed by atoms with Gasteiger partial charge in [-0.15, -0.1) is 0 Å². The summed E-state index contributed by atoms with van der Waals surface area (Å²) in [7, 11) is 0. The van der Waals surface area contributed by atoms with Crippen molar-refractivity contribution in [1.82, 2.24) is 0 Å². The van der Waals surface area contributed by atoms with Gasteiger partial charge in [0.05, 0.1) is 12.2 Å². The van der Waals surface area contributed by atoms with Crippen molar-refractivity contribution in [1.29, 1.82) is 0 Å². The standard InChI is InChI=1S/C24H44Br2O3/c1-3-5-15-23(17-11-7-9-13-19-25)28-21-27-22-29-24(16-6-4-2)18-12-8-10-14-20-26/h7-10,23-24H,3-6,11-22H2,1-2H3. The molecule has 5 heteroatoms. The van der Waals surface area contributed by atoms with Crippen LogP contribution in [0.3, 0.4) is 0 Å². The Hall–Kier alpha value is 0.320. The van der Waals surface area contributed by atoms with E-state index >= 15 is 0 Å². The van der Waals surface area contributed by atoms with Gasteiger partial charge in [0.25, 0.3) is 0 Å². The predicted molar refractivity (Wildman–Crippen MR) is 133 cm³/mol. The van der Waals surface area contributed by atoms with E-state index in [0.717, 1.165) is 62.0 Å². The average molecular weight is 540 g/mol. The summed E-state index contributed by atoms with van der Waals surface area (Å²) >= 11 is 6.90. The van der Waals surface area contributed by atoms with Crippen molar-refractivity contribution in [2.45, 2.75) is 103 Å². The first-order chi connectivity index (χ1) is 14.3. The number of ether oxygens (including phenoxy) is 3. The Balaban J connectivity index is 4.06. The number of alkyl halides is 2.